The molecule has 0 heterocycles. The van der Waals surface area contributed by atoms with Crippen molar-refractivity contribution in [3.05, 3.63) is 47.6 Å². The van der Waals surface area contributed by atoms with E-state index in [0.29, 0.717) is 0 Å². The third kappa shape index (κ3) is 6.03. The van der Waals surface area contributed by atoms with Crippen molar-refractivity contribution in [2.45, 2.75) is 20.3 Å². The van der Waals surface area contributed by atoms with E-state index in [-0.39, 0.29) is 17.6 Å². The minimum absolute atomic E-state index is 0.0814. The van der Waals surface area contributed by atoms with Crippen LogP contribution in [-0.2, 0) is 14.4 Å². The van der Waals surface area contributed by atoms with Crippen LogP contribution in [0.4, 0.5) is 0 Å². The number of carboxylic acids is 3. The molecule has 26 heavy (non-hydrogen) atoms. The van der Waals surface area contributed by atoms with Crippen molar-refractivity contribution >= 4 is 17.9 Å². The Labute approximate surface area is 150 Å². The van der Waals surface area contributed by atoms with E-state index in [4.69, 9.17) is 10.4 Å². The Kier molecular flexibility index (Phi) is 8.74. The van der Waals surface area contributed by atoms with Crippen molar-refractivity contribution in [3.8, 4) is 6.07 Å². The lowest BCUT2D eigenvalue weighted by Crippen LogP contribution is -2.27. The van der Waals surface area contributed by atoms with Gasteiger partial charge in [0.2, 0.25) is 0 Å². The van der Waals surface area contributed by atoms with Gasteiger partial charge in [-0.1, -0.05) is 31.7 Å². The average molecular weight is 363 g/mol. The second-order valence-corrected chi connectivity index (χ2v) is 5.61. The Morgan fingerprint density at radius 1 is 1.19 bits per heavy atom. The van der Waals surface area contributed by atoms with Gasteiger partial charge in [0, 0.05) is 40.7 Å². The number of allylic oxidation sites excluding steroid dienone is 4. The van der Waals surface area contributed by atoms with Crippen molar-refractivity contribution in [1.29, 1.82) is 5.26 Å². The first kappa shape index (κ1) is 22.8. The molecular formula is C18H21NO7. The van der Waals surface area contributed by atoms with E-state index in [2.05, 4.69) is 6.58 Å². The molecule has 0 fully saturated rings. The molecule has 0 aliphatic heterocycles. The minimum Gasteiger partial charge on any atom is -0.478 e. The zero-order chi connectivity index (χ0) is 20.5. The number of carboxylic acid groups (broad SMARTS) is 3. The van der Waals surface area contributed by atoms with Crippen LogP contribution < -0.4 is 0 Å². The summed E-state index contributed by atoms with van der Waals surface area (Å²) < 4.78 is 0. The Bertz CT molecular complexity index is 724. The molecule has 0 amide bonds. The summed E-state index contributed by atoms with van der Waals surface area (Å²) in [6, 6.07) is 1.69. The van der Waals surface area contributed by atoms with Gasteiger partial charge in [-0.25, -0.2) is 14.4 Å². The number of rotatable bonds is 10. The third-order valence-electron chi connectivity index (χ3n) is 3.79. The average Bonchev–Trinajstić information content (AvgIpc) is 2.55. The highest BCUT2D eigenvalue weighted by Crippen LogP contribution is 2.37. The zero-order valence-corrected chi connectivity index (χ0v) is 14.5. The molecule has 4 N–H and O–H groups in total. The standard InChI is InChI=1S/C18H21NO7/c1-11(9-12(2)15(21)22)14(17(25)26)10-18(6-8-20,5-4-7-19)13(3)16(23)24/h4-5,9-11,20H,3,6,8H2,1-2H3,(H,21,22)(H,23,24)(H,25,26). The van der Waals surface area contributed by atoms with E-state index in [1.54, 1.807) is 6.07 Å². The van der Waals surface area contributed by atoms with E-state index < -0.39 is 41.4 Å². The van der Waals surface area contributed by atoms with Gasteiger partial charge < -0.3 is 20.4 Å². The SMILES string of the molecule is C=C(C(=O)O)C(C=CC#N)(C=C(C(=O)O)C(C)C=C(C)C(=O)O)CCO. The maximum absolute atomic E-state index is 11.7. The molecule has 0 spiro atoms. The van der Waals surface area contributed by atoms with Gasteiger partial charge in [0.15, 0.2) is 0 Å². The fourth-order valence-corrected chi connectivity index (χ4v) is 2.31. The molecule has 0 bridgehead atoms. The van der Waals surface area contributed by atoms with Crippen molar-refractivity contribution in [3.63, 3.8) is 0 Å². The number of aliphatic hydroxyl groups is 1. The molecule has 0 saturated heterocycles. The Morgan fingerprint density at radius 3 is 2.15 bits per heavy atom. The normalized spacial score (nSPS) is 15.8. The van der Waals surface area contributed by atoms with Gasteiger partial charge in [-0.05, 0) is 13.3 Å². The molecule has 140 valence electrons. The molecule has 8 heteroatoms. The molecule has 0 aliphatic carbocycles. The van der Waals surface area contributed by atoms with Gasteiger partial charge in [0.05, 0.1) is 6.07 Å². The highest BCUT2D eigenvalue weighted by molar-refractivity contribution is 5.92. The summed E-state index contributed by atoms with van der Waals surface area (Å²) in [7, 11) is 0. The largest absolute Gasteiger partial charge is 0.478 e. The predicted molar refractivity (Wildman–Crippen MR) is 91.9 cm³/mol. The number of carbonyl (C=O) groups is 3. The second-order valence-electron chi connectivity index (χ2n) is 5.61. The summed E-state index contributed by atoms with van der Waals surface area (Å²) in [5, 5.41) is 45.8. The molecule has 0 rings (SSSR count). The summed E-state index contributed by atoms with van der Waals surface area (Å²) in [6.45, 7) is 5.68. The van der Waals surface area contributed by atoms with Gasteiger partial charge in [-0.3, -0.25) is 0 Å². The van der Waals surface area contributed by atoms with Crippen LogP contribution in [0.5, 0.6) is 0 Å². The predicted octanol–water partition coefficient (Wildman–Crippen LogP) is 1.75. The quantitative estimate of drug-likeness (QED) is 0.338. The maximum Gasteiger partial charge on any atom is 0.332 e. The van der Waals surface area contributed by atoms with Gasteiger partial charge >= 0.3 is 17.9 Å². The molecule has 0 aromatic carbocycles. The number of aliphatic carboxylic acids is 3. The zero-order valence-electron chi connectivity index (χ0n) is 14.5. The second kappa shape index (κ2) is 9.96. The van der Waals surface area contributed by atoms with Crippen LogP contribution >= 0.6 is 0 Å². The topological polar surface area (TPSA) is 156 Å². The highest BCUT2D eigenvalue weighted by atomic mass is 16.4. The van der Waals surface area contributed by atoms with Gasteiger partial charge in [0.1, 0.15) is 0 Å². The Balaban J connectivity index is 6.54. The number of nitrogens with zero attached hydrogens (tertiary/aromatic N) is 1. The lowest BCUT2D eigenvalue weighted by Gasteiger charge is -2.28. The van der Waals surface area contributed by atoms with Crippen LogP contribution in [0.1, 0.15) is 20.3 Å². The summed E-state index contributed by atoms with van der Waals surface area (Å²) in [4.78, 5) is 34.0. The summed E-state index contributed by atoms with van der Waals surface area (Å²) in [5.74, 6) is -4.91. The number of hydrogen-bond donors (Lipinski definition) is 4. The van der Waals surface area contributed by atoms with Crippen molar-refractivity contribution in [2.24, 2.45) is 11.3 Å². The fraction of sp³-hybridized carbons (Fsp3) is 0.333. The number of nitriles is 1. The molecular weight excluding hydrogens is 342 g/mol. The first-order chi connectivity index (χ1) is 12.0. The molecule has 0 saturated carbocycles. The van der Waals surface area contributed by atoms with Gasteiger partial charge in [0.25, 0.3) is 0 Å². The van der Waals surface area contributed by atoms with E-state index in [0.717, 1.165) is 18.2 Å². The fourth-order valence-electron chi connectivity index (χ4n) is 2.31. The summed E-state index contributed by atoms with van der Waals surface area (Å²) in [5.41, 5.74) is -2.42. The lowest BCUT2D eigenvalue weighted by atomic mass is 9.74. The molecule has 0 aromatic heterocycles. The number of aliphatic hydroxyl groups excluding tert-OH is 1. The Hall–Kier alpha value is -3.18. The van der Waals surface area contributed by atoms with E-state index in [1.165, 1.54) is 19.9 Å². The number of hydrogen-bond acceptors (Lipinski definition) is 5. The van der Waals surface area contributed by atoms with Crippen LogP contribution in [0.3, 0.4) is 0 Å². The van der Waals surface area contributed by atoms with Crippen LogP contribution in [0.2, 0.25) is 0 Å². The van der Waals surface area contributed by atoms with Gasteiger partial charge in [-0.2, -0.15) is 5.26 Å². The first-order valence-corrected chi connectivity index (χ1v) is 7.51. The van der Waals surface area contributed by atoms with Crippen molar-refractivity contribution in [1.82, 2.24) is 0 Å². The monoisotopic (exact) mass is 363 g/mol. The molecule has 8 nitrogen and oxygen atoms in total. The summed E-state index contributed by atoms with van der Waals surface area (Å²) >= 11 is 0. The first-order valence-electron chi connectivity index (χ1n) is 7.51. The van der Waals surface area contributed by atoms with Crippen LogP contribution in [-0.4, -0.2) is 44.9 Å². The van der Waals surface area contributed by atoms with Crippen molar-refractivity contribution in [2.75, 3.05) is 6.61 Å². The molecule has 0 aliphatic rings. The third-order valence-corrected chi connectivity index (χ3v) is 3.79. The van der Waals surface area contributed by atoms with E-state index in [1.807, 2.05) is 0 Å². The van der Waals surface area contributed by atoms with Gasteiger partial charge in [-0.15, -0.1) is 0 Å². The van der Waals surface area contributed by atoms with Crippen LogP contribution in [0, 0.1) is 22.7 Å². The van der Waals surface area contributed by atoms with Crippen molar-refractivity contribution < 1.29 is 34.8 Å². The highest BCUT2D eigenvalue weighted by Gasteiger charge is 2.34. The molecule has 0 aromatic rings. The maximum atomic E-state index is 11.7. The van der Waals surface area contributed by atoms with E-state index >= 15 is 0 Å². The molecule has 2 unspecified atom stereocenters. The molecule has 2 atom stereocenters. The molecule has 0 radical (unpaired) electrons. The minimum atomic E-state index is -1.62. The smallest absolute Gasteiger partial charge is 0.332 e. The van der Waals surface area contributed by atoms with Crippen LogP contribution in [0.25, 0.3) is 0 Å². The Morgan fingerprint density at radius 2 is 1.77 bits per heavy atom. The van der Waals surface area contributed by atoms with Crippen LogP contribution in [0.15, 0.2) is 47.6 Å². The summed E-state index contributed by atoms with van der Waals surface area (Å²) in [6.07, 6.45) is 4.21. The lowest BCUT2D eigenvalue weighted by molar-refractivity contribution is -0.134. The van der Waals surface area contributed by atoms with E-state index in [9.17, 15) is 29.7 Å².